The summed E-state index contributed by atoms with van der Waals surface area (Å²) in [5.74, 6) is 1.08. The van der Waals surface area contributed by atoms with Crippen LogP contribution in [0.25, 0.3) is 0 Å². The van der Waals surface area contributed by atoms with Crippen LogP contribution in [0, 0.1) is 5.41 Å². The third-order valence-corrected chi connectivity index (χ3v) is 8.10. The highest BCUT2D eigenvalue weighted by Gasteiger charge is 2.41. The highest BCUT2D eigenvalue weighted by Crippen LogP contribution is 2.36. The van der Waals surface area contributed by atoms with E-state index in [0.717, 1.165) is 78.0 Å². The molecule has 3 aliphatic heterocycles. The molecule has 3 fully saturated rings. The molecule has 0 bridgehead atoms. The lowest BCUT2D eigenvalue weighted by Crippen LogP contribution is -2.54. The first-order chi connectivity index (χ1) is 17.0. The van der Waals surface area contributed by atoms with Gasteiger partial charge in [0.2, 0.25) is 11.8 Å². The summed E-state index contributed by atoms with van der Waals surface area (Å²) in [6.07, 6.45) is 5.54. The van der Waals surface area contributed by atoms with Crippen molar-refractivity contribution in [1.82, 2.24) is 19.6 Å². The Bertz CT molecular complexity index is 855. The number of ether oxygens (including phenoxy) is 1. The second-order valence-corrected chi connectivity index (χ2v) is 10.9. The zero-order valence-corrected chi connectivity index (χ0v) is 22.0. The average Bonchev–Trinajstić information content (AvgIpc) is 2.89. The summed E-state index contributed by atoms with van der Waals surface area (Å²) in [6, 6.07) is 7.40. The van der Waals surface area contributed by atoms with Crippen molar-refractivity contribution in [3.8, 4) is 5.75 Å². The van der Waals surface area contributed by atoms with Crippen molar-refractivity contribution >= 4 is 23.4 Å². The zero-order valence-electron chi connectivity index (χ0n) is 21.2. The lowest BCUT2D eigenvalue weighted by atomic mass is 9.77. The summed E-state index contributed by atoms with van der Waals surface area (Å²) in [6.45, 7) is 11.0. The van der Waals surface area contributed by atoms with Gasteiger partial charge in [0, 0.05) is 69.2 Å². The number of hydrogen-bond acceptors (Lipinski definition) is 5. The molecule has 7 nitrogen and oxygen atoms in total. The lowest BCUT2D eigenvalue weighted by Gasteiger charge is -2.44. The lowest BCUT2D eigenvalue weighted by molar-refractivity contribution is -0.142. The number of hydrogen-bond donors (Lipinski definition) is 0. The number of likely N-dealkylation sites (N-methyl/N-ethyl adjacent to an activating group) is 1. The van der Waals surface area contributed by atoms with Gasteiger partial charge in [-0.05, 0) is 56.8 Å². The molecule has 194 valence electrons. The number of rotatable bonds is 8. The van der Waals surface area contributed by atoms with Gasteiger partial charge >= 0.3 is 0 Å². The summed E-state index contributed by atoms with van der Waals surface area (Å²) in [5.41, 5.74) is -0.383. The minimum Gasteiger partial charge on any atom is -0.493 e. The molecule has 0 saturated carbocycles. The Morgan fingerprint density at radius 3 is 2.34 bits per heavy atom. The van der Waals surface area contributed by atoms with Crippen LogP contribution in [0.4, 0.5) is 0 Å². The molecule has 0 radical (unpaired) electrons. The Kier molecular flexibility index (Phi) is 9.31. The van der Waals surface area contributed by atoms with Gasteiger partial charge in [-0.1, -0.05) is 24.6 Å². The molecule has 35 heavy (non-hydrogen) atoms. The number of halogens is 1. The molecule has 3 heterocycles. The fraction of sp³-hybridized carbons (Fsp3) is 0.704. The average molecular weight is 505 g/mol. The quantitative estimate of drug-likeness (QED) is 0.543. The maximum Gasteiger partial charge on any atom is 0.236 e. The summed E-state index contributed by atoms with van der Waals surface area (Å²) in [7, 11) is 0. The van der Waals surface area contributed by atoms with Crippen molar-refractivity contribution in [3.05, 3.63) is 29.3 Å². The standard InChI is InChI=1S/C27H41ClN4O3/c1-2-29-14-16-30(17-15-29)20-26(34)32-13-7-10-27(21-32,19-25(33)31-11-4-3-5-12-31)22-35-24-9-6-8-23(28)18-24/h6,8-9,18H,2-5,7,10-17,19-22H2,1H3. The van der Waals surface area contributed by atoms with Crippen molar-refractivity contribution in [2.24, 2.45) is 5.41 Å². The zero-order chi connectivity index (χ0) is 24.7. The highest BCUT2D eigenvalue weighted by atomic mass is 35.5. The highest BCUT2D eigenvalue weighted by molar-refractivity contribution is 6.30. The number of likely N-dealkylation sites (tertiary alicyclic amines) is 2. The van der Waals surface area contributed by atoms with Crippen LogP contribution in [0.3, 0.4) is 0 Å². The SMILES string of the molecule is CCN1CCN(CC(=O)N2CCCC(COc3cccc(Cl)c3)(CC(=O)N3CCCCC3)C2)CC1. The molecular weight excluding hydrogens is 464 g/mol. The van der Waals surface area contributed by atoms with Crippen LogP contribution in [0.2, 0.25) is 5.02 Å². The number of piperidine rings is 2. The first kappa shape index (κ1) is 26.2. The third kappa shape index (κ3) is 7.34. The second-order valence-electron chi connectivity index (χ2n) is 10.5. The van der Waals surface area contributed by atoms with Gasteiger partial charge in [0.15, 0.2) is 0 Å². The molecule has 0 aromatic heterocycles. The Hall–Kier alpha value is -1.83. The Balaban J connectivity index is 1.42. The predicted molar refractivity (Wildman–Crippen MR) is 139 cm³/mol. The predicted octanol–water partition coefficient (Wildman–Crippen LogP) is 3.37. The third-order valence-electron chi connectivity index (χ3n) is 7.86. The van der Waals surface area contributed by atoms with E-state index < -0.39 is 0 Å². The van der Waals surface area contributed by atoms with Gasteiger partial charge in [0.1, 0.15) is 5.75 Å². The molecule has 1 atom stereocenters. The summed E-state index contributed by atoms with van der Waals surface area (Å²) >= 11 is 6.16. The van der Waals surface area contributed by atoms with Crippen LogP contribution in [-0.4, -0.2) is 103 Å². The molecule has 0 spiro atoms. The molecule has 1 aromatic carbocycles. The van der Waals surface area contributed by atoms with Gasteiger partial charge in [0.25, 0.3) is 0 Å². The molecule has 2 amide bonds. The van der Waals surface area contributed by atoms with Crippen molar-refractivity contribution in [3.63, 3.8) is 0 Å². The number of amides is 2. The molecule has 8 heteroatoms. The van der Waals surface area contributed by atoms with E-state index in [1.807, 2.05) is 34.1 Å². The van der Waals surface area contributed by atoms with Gasteiger partial charge in [0.05, 0.1) is 13.2 Å². The number of carbonyl (C=O) groups excluding carboxylic acids is 2. The van der Waals surface area contributed by atoms with E-state index >= 15 is 0 Å². The first-order valence-corrected chi connectivity index (χ1v) is 13.7. The normalized spacial score (nSPS) is 24.4. The van der Waals surface area contributed by atoms with Crippen LogP contribution >= 0.6 is 11.6 Å². The molecule has 1 aromatic rings. The molecule has 0 N–H and O–H groups in total. The number of piperazine rings is 1. The molecule has 3 saturated heterocycles. The Morgan fingerprint density at radius 2 is 1.63 bits per heavy atom. The van der Waals surface area contributed by atoms with Gasteiger partial charge in [-0.25, -0.2) is 0 Å². The molecular formula is C27H41ClN4O3. The molecule has 0 aliphatic carbocycles. The maximum atomic E-state index is 13.3. The van der Waals surface area contributed by atoms with E-state index in [2.05, 4.69) is 16.7 Å². The van der Waals surface area contributed by atoms with E-state index in [-0.39, 0.29) is 17.2 Å². The van der Waals surface area contributed by atoms with Crippen molar-refractivity contribution in [1.29, 1.82) is 0 Å². The number of nitrogens with zero attached hydrogens (tertiary/aromatic N) is 4. The van der Waals surface area contributed by atoms with E-state index in [1.165, 1.54) is 6.42 Å². The first-order valence-electron chi connectivity index (χ1n) is 13.3. The Morgan fingerprint density at radius 1 is 0.914 bits per heavy atom. The van der Waals surface area contributed by atoms with Gasteiger partial charge < -0.3 is 19.4 Å². The molecule has 3 aliphatic rings. The fourth-order valence-electron chi connectivity index (χ4n) is 5.66. The van der Waals surface area contributed by atoms with Crippen LogP contribution in [0.5, 0.6) is 5.75 Å². The van der Waals surface area contributed by atoms with E-state index in [1.54, 1.807) is 0 Å². The van der Waals surface area contributed by atoms with Crippen LogP contribution in [-0.2, 0) is 9.59 Å². The monoisotopic (exact) mass is 504 g/mol. The van der Waals surface area contributed by atoms with Crippen molar-refractivity contribution < 1.29 is 14.3 Å². The van der Waals surface area contributed by atoms with Crippen LogP contribution in [0.15, 0.2) is 24.3 Å². The van der Waals surface area contributed by atoms with Crippen molar-refractivity contribution in [2.45, 2.75) is 45.4 Å². The fourth-order valence-corrected chi connectivity index (χ4v) is 5.84. The topological polar surface area (TPSA) is 56.3 Å². The minimum absolute atomic E-state index is 0.173. The van der Waals surface area contributed by atoms with Gasteiger partial charge in [-0.15, -0.1) is 0 Å². The largest absolute Gasteiger partial charge is 0.493 e. The van der Waals surface area contributed by atoms with E-state index in [4.69, 9.17) is 16.3 Å². The summed E-state index contributed by atoms with van der Waals surface area (Å²) in [4.78, 5) is 35.3. The maximum absolute atomic E-state index is 13.3. The van der Waals surface area contributed by atoms with E-state index in [9.17, 15) is 9.59 Å². The smallest absolute Gasteiger partial charge is 0.236 e. The second kappa shape index (κ2) is 12.4. The summed E-state index contributed by atoms with van der Waals surface area (Å²) < 4.78 is 6.21. The van der Waals surface area contributed by atoms with Crippen molar-refractivity contribution in [2.75, 3.05) is 72.1 Å². The summed E-state index contributed by atoms with van der Waals surface area (Å²) in [5, 5.41) is 0.629. The molecule has 1 unspecified atom stereocenters. The number of carbonyl (C=O) groups is 2. The van der Waals surface area contributed by atoms with Crippen LogP contribution < -0.4 is 4.74 Å². The Labute approximate surface area is 215 Å². The molecule has 4 rings (SSSR count). The van der Waals surface area contributed by atoms with Crippen LogP contribution in [0.1, 0.15) is 45.4 Å². The number of benzene rings is 1. The van der Waals surface area contributed by atoms with Gasteiger partial charge in [-0.2, -0.15) is 0 Å². The van der Waals surface area contributed by atoms with E-state index in [0.29, 0.717) is 36.9 Å². The minimum atomic E-state index is -0.383. The van der Waals surface area contributed by atoms with Gasteiger partial charge in [-0.3, -0.25) is 14.5 Å².